The molecule has 1 heterocycles. The van der Waals surface area contributed by atoms with Gasteiger partial charge in [-0.2, -0.15) is 5.10 Å². The molecule has 0 spiro atoms. The summed E-state index contributed by atoms with van der Waals surface area (Å²) in [6.07, 6.45) is 4.20. The average molecular weight is 450 g/mol. The van der Waals surface area contributed by atoms with Crippen LogP contribution in [0.25, 0.3) is 0 Å². The number of nitrogens with one attached hydrogen (secondary N) is 2. The summed E-state index contributed by atoms with van der Waals surface area (Å²) >= 11 is 0. The summed E-state index contributed by atoms with van der Waals surface area (Å²) in [5, 5.41) is 11.0. The summed E-state index contributed by atoms with van der Waals surface area (Å²) in [6, 6.07) is 2.51. The lowest BCUT2D eigenvalue weighted by atomic mass is 9.93. The minimum Gasteiger partial charge on any atom is -0.357 e. The Kier molecular flexibility index (Phi) is 12.1. The molecule has 0 amide bonds. The predicted octanol–water partition coefficient (Wildman–Crippen LogP) is 2.46. The van der Waals surface area contributed by atoms with Gasteiger partial charge in [0.1, 0.15) is 0 Å². The van der Waals surface area contributed by atoms with Crippen LogP contribution in [0, 0.1) is 5.92 Å². The maximum atomic E-state index is 4.67. The Hall–Kier alpha value is -0.830. The number of hydrogen-bond acceptors (Lipinski definition) is 3. The van der Waals surface area contributed by atoms with Crippen molar-refractivity contribution in [1.82, 2.24) is 25.3 Å². The topological polar surface area (TPSA) is 57.5 Å². The van der Waals surface area contributed by atoms with Gasteiger partial charge in [-0.3, -0.25) is 4.68 Å². The zero-order valence-corrected chi connectivity index (χ0v) is 18.4. The minimum atomic E-state index is 0. The van der Waals surface area contributed by atoms with Crippen LogP contribution in [0.1, 0.15) is 39.3 Å². The molecule has 0 aliphatic carbocycles. The molecule has 6 nitrogen and oxygen atoms in total. The van der Waals surface area contributed by atoms with Gasteiger partial charge in [-0.15, -0.1) is 24.0 Å². The maximum absolute atomic E-state index is 4.67. The van der Waals surface area contributed by atoms with Crippen LogP contribution in [0.5, 0.6) is 0 Å². The highest BCUT2D eigenvalue weighted by Crippen LogP contribution is 2.16. The van der Waals surface area contributed by atoms with E-state index in [1.54, 1.807) is 6.20 Å². The van der Waals surface area contributed by atoms with Crippen molar-refractivity contribution < 1.29 is 0 Å². The smallest absolute Gasteiger partial charge is 0.191 e. The van der Waals surface area contributed by atoms with E-state index in [9.17, 15) is 0 Å². The quantitative estimate of drug-likeness (QED) is 0.345. The molecule has 1 aromatic rings. The van der Waals surface area contributed by atoms with E-state index in [0.29, 0.717) is 18.5 Å². The van der Waals surface area contributed by atoms with Crippen molar-refractivity contribution in [2.45, 2.75) is 46.2 Å². The van der Waals surface area contributed by atoms with E-state index >= 15 is 0 Å². The number of halogens is 1. The Balaban J connectivity index is 0.00000529. The third-order valence-electron chi connectivity index (χ3n) is 4.40. The molecule has 0 bridgehead atoms. The Labute approximate surface area is 164 Å². The second-order valence-electron chi connectivity index (χ2n) is 6.13. The van der Waals surface area contributed by atoms with Gasteiger partial charge < -0.3 is 15.5 Å². The number of guanidine groups is 1. The minimum absolute atomic E-state index is 0. The van der Waals surface area contributed by atoms with Gasteiger partial charge in [0.25, 0.3) is 0 Å². The van der Waals surface area contributed by atoms with Crippen molar-refractivity contribution >= 4 is 29.9 Å². The van der Waals surface area contributed by atoms with Crippen LogP contribution in [0.3, 0.4) is 0 Å². The molecule has 0 aromatic carbocycles. The molecule has 140 valence electrons. The van der Waals surface area contributed by atoms with Crippen molar-refractivity contribution in [3.8, 4) is 0 Å². The SMILES string of the molecule is CCNC(=NCc1ccnn1C)NCC(C(CC)CC)N(C)C.I. The number of nitrogens with zero attached hydrogens (tertiary/aromatic N) is 4. The van der Waals surface area contributed by atoms with E-state index in [4.69, 9.17) is 0 Å². The van der Waals surface area contributed by atoms with Gasteiger partial charge in [-0.05, 0) is 33.0 Å². The van der Waals surface area contributed by atoms with Crippen LogP contribution in [0.4, 0.5) is 0 Å². The Morgan fingerprint density at radius 2 is 1.92 bits per heavy atom. The summed E-state index contributed by atoms with van der Waals surface area (Å²) < 4.78 is 1.86. The first kappa shape index (κ1) is 23.2. The molecule has 0 fully saturated rings. The van der Waals surface area contributed by atoms with Crippen LogP contribution in [0.15, 0.2) is 17.3 Å². The zero-order valence-electron chi connectivity index (χ0n) is 16.0. The van der Waals surface area contributed by atoms with Crippen molar-refractivity contribution in [1.29, 1.82) is 0 Å². The van der Waals surface area contributed by atoms with Gasteiger partial charge in [-0.25, -0.2) is 4.99 Å². The van der Waals surface area contributed by atoms with E-state index in [0.717, 1.165) is 24.7 Å². The van der Waals surface area contributed by atoms with Crippen molar-refractivity contribution in [2.75, 3.05) is 27.2 Å². The summed E-state index contributed by atoms with van der Waals surface area (Å²) in [5.74, 6) is 1.56. The fourth-order valence-corrected chi connectivity index (χ4v) is 2.86. The molecule has 0 saturated carbocycles. The van der Waals surface area contributed by atoms with Gasteiger partial charge in [0.2, 0.25) is 0 Å². The van der Waals surface area contributed by atoms with Gasteiger partial charge in [-0.1, -0.05) is 26.7 Å². The van der Waals surface area contributed by atoms with E-state index in [-0.39, 0.29) is 24.0 Å². The first-order valence-electron chi connectivity index (χ1n) is 8.68. The molecule has 0 radical (unpaired) electrons. The fourth-order valence-electron chi connectivity index (χ4n) is 2.86. The van der Waals surface area contributed by atoms with E-state index in [1.807, 2.05) is 17.8 Å². The standard InChI is InChI=1S/C17H34N6.HI/c1-7-14(8-2)16(22(4)5)13-20-17(18-9-3)19-12-15-10-11-21-23(15)6;/h10-11,14,16H,7-9,12-13H2,1-6H3,(H2,18,19,20);1H. The number of aryl methyl sites for hydroxylation is 1. The lowest BCUT2D eigenvalue weighted by Gasteiger charge is -2.32. The molecule has 24 heavy (non-hydrogen) atoms. The number of likely N-dealkylation sites (N-methyl/N-ethyl adjacent to an activating group) is 1. The normalized spacial score (nSPS) is 13.1. The van der Waals surface area contributed by atoms with Gasteiger partial charge in [0.15, 0.2) is 5.96 Å². The summed E-state index contributed by atoms with van der Waals surface area (Å²) in [6.45, 7) is 9.01. The van der Waals surface area contributed by atoms with Crippen LogP contribution >= 0.6 is 24.0 Å². The van der Waals surface area contributed by atoms with Crippen molar-refractivity contribution in [3.05, 3.63) is 18.0 Å². The monoisotopic (exact) mass is 450 g/mol. The molecule has 2 N–H and O–H groups in total. The molecular formula is C17H35IN6. The number of aromatic nitrogens is 2. The lowest BCUT2D eigenvalue weighted by Crippen LogP contribution is -2.48. The van der Waals surface area contributed by atoms with E-state index in [2.05, 4.69) is 60.5 Å². The van der Waals surface area contributed by atoms with Crippen LogP contribution in [0.2, 0.25) is 0 Å². The molecule has 0 aliphatic rings. The number of aliphatic imine (C=N–C) groups is 1. The Morgan fingerprint density at radius 3 is 2.38 bits per heavy atom. The predicted molar refractivity (Wildman–Crippen MR) is 113 cm³/mol. The van der Waals surface area contributed by atoms with Gasteiger partial charge >= 0.3 is 0 Å². The van der Waals surface area contributed by atoms with E-state index < -0.39 is 0 Å². The highest BCUT2D eigenvalue weighted by molar-refractivity contribution is 14.0. The van der Waals surface area contributed by atoms with E-state index in [1.165, 1.54) is 12.8 Å². The summed E-state index contributed by atoms with van der Waals surface area (Å²) in [5.41, 5.74) is 1.10. The average Bonchev–Trinajstić information content (AvgIpc) is 2.93. The highest BCUT2D eigenvalue weighted by Gasteiger charge is 2.20. The summed E-state index contributed by atoms with van der Waals surface area (Å²) in [4.78, 5) is 6.99. The molecule has 1 unspecified atom stereocenters. The molecule has 0 aliphatic heterocycles. The first-order valence-corrected chi connectivity index (χ1v) is 8.68. The molecule has 1 atom stereocenters. The Morgan fingerprint density at radius 1 is 1.25 bits per heavy atom. The zero-order chi connectivity index (χ0) is 17.2. The number of hydrogen-bond donors (Lipinski definition) is 2. The number of rotatable bonds is 9. The van der Waals surface area contributed by atoms with Crippen molar-refractivity contribution in [3.63, 3.8) is 0 Å². The van der Waals surface area contributed by atoms with Crippen LogP contribution in [-0.2, 0) is 13.6 Å². The molecule has 1 rings (SSSR count). The fraction of sp³-hybridized carbons (Fsp3) is 0.765. The summed E-state index contributed by atoms with van der Waals surface area (Å²) in [7, 11) is 6.26. The van der Waals surface area contributed by atoms with Crippen LogP contribution < -0.4 is 10.6 Å². The first-order chi connectivity index (χ1) is 11.0. The van der Waals surface area contributed by atoms with Gasteiger partial charge in [0, 0.05) is 32.4 Å². The van der Waals surface area contributed by atoms with Crippen LogP contribution in [-0.4, -0.2) is 53.9 Å². The second-order valence-corrected chi connectivity index (χ2v) is 6.13. The lowest BCUT2D eigenvalue weighted by molar-refractivity contribution is 0.200. The maximum Gasteiger partial charge on any atom is 0.191 e. The molecule has 1 aromatic heterocycles. The third kappa shape index (κ3) is 7.38. The Bertz CT molecular complexity index is 467. The highest BCUT2D eigenvalue weighted by atomic mass is 127. The second kappa shape index (κ2) is 12.5. The largest absolute Gasteiger partial charge is 0.357 e. The molecule has 0 saturated heterocycles. The molecule has 7 heteroatoms. The van der Waals surface area contributed by atoms with Crippen molar-refractivity contribution in [2.24, 2.45) is 18.0 Å². The third-order valence-corrected chi connectivity index (χ3v) is 4.40. The van der Waals surface area contributed by atoms with Gasteiger partial charge in [0.05, 0.1) is 12.2 Å². The molecular weight excluding hydrogens is 415 g/mol.